The molecule has 146 valence electrons. The fourth-order valence-electron chi connectivity index (χ4n) is 2.81. The lowest BCUT2D eigenvalue weighted by Gasteiger charge is -2.20. The van der Waals surface area contributed by atoms with E-state index in [-0.39, 0.29) is 12.1 Å². The number of aromatic nitrogens is 1. The highest BCUT2D eigenvalue weighted by Gasteiger charge is 2.16. The number of nitrogens with zero attached hydrogens (tertiary/aromatic N) is 1. The Labute approximate surface area is 170 Å². The van der Waals surface area contributed by atoms with Gasteiger partial charge in [0.25, 0.3) is 0 Å². The van der Waals surface area contributed by atoms with Crippen LogP contribution >= 0.6 is 15.9 Å². The van der Waals surface area contributed by atoms with Gasteiger partial charge in [0, 0.05) is 6.42 Å². The van der Waals surface area contributed by atoms with Crippen molar-refractivity contribution in [3.63, 3.8) is 0 Å². The molecule has 27 heavy (non-hydrogen) atoms. The fraction of sp³-hybridized carbons (Fsp3) is 0.455. The van der Waals surface area contributed by atoms with Gasteiger partial charge in [0.2, 0.25) is 0 Å². The second-order valence-electron chi connectivity index (χ2n) is 6.48. The van der Waals surface area contributed by atoms with E-state index in [1.165, 1.54) is 0 Å². The summed E-state index contributed by atoms with van der Waals surface area (Å²) in [6, 6.07) is 11.5. The molecule has 1 aromatic heterocycles. The predicted molar refractivity (Wildman–Crippen MR) is 111 cm³/mol. The van der Waals surface area contributed by atoms with E-state index < -0.39 is 0 Å². The standard InChI is InChI=1S/C22H28BrNO3/c1-4-7-11-20(18-10-8-12-21(23)24-18)26-17-13-14-19(16(6-3)15-17)27-22(25)9-5-2/h8,10,12-15,20H,4-7,9,11H2,1-3H3. The maximum absolute atomic E-state index is 11.8. The van der Waals surface area contributed by atoms with Gasteiger partial charge in [0.15, 0.2) is 0 Å². The first kappa shape index (κ1) is 21.4. The Balaban J connectivity index is 2.20. The summed E-state index contributed by atoms with van der Waals surface area (Å²) in [5.41, 5.74) is 1.88. The van der Waals surface area contributed by atoms with Crippen LogP contribution in [-0.2, 0) is 11.2 Å². The van der Waals surface area contributed by atoms with Gasteiger partial charge in [-0.05, 0) is 77.5 Å². The smallest absolute Gasteiger partial charge is 0.311 e. The molecule has 2 rings (SSSR count). The van der Waals surface area contributed by atoms with Gasteiger partial charge < -0.3 is 9.47 Å². The number of carbonyl (C=O) groups excluding carboxylic acids is 1. The summed E-state index contributed by atoms with van der Waals surface area (Å²) >= 11 is 3.44. The molecule has 0 aliphatic rings. The van der Waals surface area contributed by atoms with Crippen LogP contribution in [0.3, 0.4) is 0 Å². The Kier molecular flexibility index (Phi) is 8.79. The molecule has 5 heteroatoms. The minimum atomic E-state index is -0.194. The van der Waals surface area contributed by atoms with Gasteiger partial charge in [-0.3, -0.25) is 4.79 Å². The summed E-state index contributed by atoms with van der Waals surface area (Å²) in [5, 5.41) is 0. The van der Waals surface area contributed by atoms with Gasteiger partial charge in [-0.25, -0.2) is 4.98 Å². The van der Waals surface area contributed by atoms with Crippen molar-refractivity contribution in [1.29, 1.82) is 0 Å². The van der Waals surface area contributed by atoms with Gasteiger partial charge in [0.1, 0.15) is 22.2 Å². The summed E-state index contributed by atoms with van der Waals surface area (Å²) in [7, 11) is 0. The van der Waals surface area contributed by atoms with Crippen molar-refractivity contribution < 1.29 is 14.3 Å². The van der Waals surface area contributed by atoms with Crippen LogP contribution in [-0.4, -0.2) is 11.0 Å². The van der Waals surface area contributed by atoms with Crippen molar-refractivity contribution in [2.24, 2.45) is 0 Å². The minimum Gasteiger partial charge on any atom is -0.484 e. The van der Waals surface area contributed by atoms with E-state index in [9.17, 15) is 4.79 Å². The van der Waals surface area contributed by atoms with Crippen LogP contribution in [0.4, 0.5) is 0 Å². The summed E-state index contributed by atoms with van der Waals surface area (Å²) in [6.07, 6.45) is 4.91. The zero-order valence-electron chi connectivity index (χ0n) is 16.3. The summed E-state index contributed by atoms with van der Waals surface area (Å²) in [6.45, 7) is 6.17. The molecule has 0 spiro atoms. The fourth-order valence-corrected chi connectivity index (χ4v) is 3.16. The van der Waals surface area contributed by atoms with Crippen LogP contribution in [0.15, 0.2) is 41.0 Å². The van der Waals surface area contributed by atoms with E-state index >= 15 is 0 Å². The Bertz CT molecular complexity index is 748. The molecule has 4 nitrogen and oxygen atoms in total. The average molecular weight is 434 g/mol. The second kappa shape index (κ2) is 11.1. The number of benzene rings is 1. The SMILES string of the molecule is CCCCC(Oc1ccc(OC(=O)CCC)c(CC)c1)c1cccc(Br)n1. The molecule has 0 bridgehead atoms. The number of halogens is 1. The van der Waals surface area contributed by atoms with Gasteiger partial charge in [-0.2, -0.15) is 0 Å². The Hall–Kier alpha value is -1.88. The van der Waals surface area contributed by atoms with Crippen LogP contribution in [0.1, 0.15) is 70.2 Å². The molecule has 0 radical (unpaired) electrons. The monoisotopic (exact) mass is 433 g/mol. The maximum atomic E-state index is 11.8. The van der Waals surface area contributed by atoms with Crippen molar-refractivity contribution >= 4 is 21.9 Å². The number of unbranched alkanes of at least 4 members (excludes halogenated alkanes) is 1. The van der Waals surface area contributed by atoms with E-state index in [1.54, 1.807) is 0 Å². The third kappa shape index (κ3) is 6.65. The molecule has 1 unspecified atom stereocenters. The maximum Gasteiger partial charge on any atom is 0.311 e. The lowest BCUT2D eigenvalue weighted by molar-refractivity contribution is -0.134. The molecule has 0 amide bonds. The first-order valence-corrected chi connectivity index (χ1v) is 10.5. The molecule has 1 atom stereocenters. The quantitative estimate of drug-likeness (QED) is 0.246. The molecule has 0 saturated heterocycles. The Morgan fingerprint density at radius 1 is 1.15 bits per heavy atom. The lowest BCUT2D eigenvalue weighted by Crippen LogP contribution is -2.11. The highest BCUT2D eigenvalue weighted by molar-refractivity contribution is 9.10. The van der Waals surface area contributed by atoms with Crippen molar-refractivity contribution in [3.05, 3.63) is 52.3 Å². The number of aryl methyl sites for hydroxylation is 1. The van der Waals surface area contributed by atoms with Gasteiger partial charge in [0.05, 0.1) is 5.69 Å². The molecule has 0 fully saturated rings. The Morgan fingerprint density at radius 2 is 1.96 bits per heavy atom. The van der Waals surface area contributed by atoms with Crippen molar-refractivity contribution in [3.8, 4) is 11.5 Å². The summed E-state index contributed by atoms with van der Waals surface area (Å²) < 4.78 is 12.6. The van der Waals surface area contributed by atoms with Gasteiger partial charge in [-0.15, -0.1) is 0 Å². The lowest BCUT2D eigenvalue weighted by atomic mass is 10.1. The number of ether oxygens (including phenoxy) is 2. The van der Waals surface area contributed by atoms with Crippen molar-refractivity contribution in [2.45, 2.75) is 65.4 Å². The molecular formula is C22H28BrNO3. The number of hydrogen-bond donors (Lipinski definition) is 0. The van der Waals surface area contributed by atoms with E-state index in [2.05, 4.69) is 27.8 Å². The number of pyridine rings is 1. The molecule has 0 aliphatic heterocycles. The Morgan fingerprint density at radius 3 is 2.63 bits per heavy atom. The van der Waals surface area contributed by atoms with Crippen LogP contribution in [0.5, 0.6) is 11.5 Å². The van der Waals surface area contributed by atoms with Gasteiger partial charge >= 0.3 is 5.97 Å². The van der Waals surface area contributed by atoms with E-state index in [0.717, 1.165) is 53.7 Å². The molecule has 0 aliphatic carbocycles. The van der Waals surface area contributed by atoms with Crippen molar-refractivity contribution in [1.82, 2.24) is 4.98 Å². The third-order valence-electron chi connectivity index (χ3n) is 4.26. The normalized spacial score (nSPS) is 11.9. The van der Waals surface area contributed by atoms with Crippen LogP contribution in [0, 0.1) is 0 Å². The van der Waals surface area contributed by atoms with E-state index in [4.69, 9.17) is 9.47 Å². The molecule has 1 heterocycles. The first-order chi connectivity index (χ1) is 13.1. The van der Waals surface area contributed by atoms with Gasteiger partial charge in [-0.1, -0.05) is 33.3 Å². The highest BCUT2D eigenvalue weighted by atomic mass is 79.9. The number of rotatable bonds is 10. The molecule has 0 saturated carbocycles. The molecule has 0 N–H and O–H groups in total. The predicted octanol–water partition coefficient (Wildman–Crippen LogP) is 6.42. The van der Waals surface area contributed by atoms with Crippen LogP contribution < -0.4 is 9.47 Å². The number of carbonyl (C=O) groups is 1. The summed E-state index contributed by atoms with van der Waals surface area (Å²) in [4.78, 5) is 16.4. The molecular weight excluding hydrogens is 406 g/mol. The van der Waals surface area contributed by atoms with Crippen molar-refractivity contribution in [2.75, 3.05) is 0 Å². The number of esters is 1. The zero-order chi connectivity index (χ0) is 19.6. The zero-order valence-corrected chi connectivity index (χ0v) is 17.9. The first-order valence-electron chi connectivity index (χ1n) is 9.70. The average Bonchev–Trinajstić information content (AvgIpc) is 2.66. The molecule has 2 aromatic rings. The second-order valence-corrected chi connectivity index (χ2v) is 7.29. The minimum absolute atomic E-state index is 0.111. The van der Waals surface area contributed by atoms with E-state index in [0.29, 0.717) is 12.2 Å². The van der Waals surface area contributed by atoms with Crippen LogP contribution in [0.25, 0.3) is 0 Å². The molecule has 1 aromatic carbocycles. The van der Waals surface area contributed by atoms with Crippen LogP contribution in [0.2, 0.25) is 0 Å². The number of hydrogen-bond acceptors (Lipinski definition) is 4. The summed E-state index contributed by atoms with van der Waals surface area (Å²) in [5.74, 6) is 1.19. The van der Waals surface area contributed by atoms with E-state index in [1.807, 2.05) is 50.2 Å². The highest BCUT2D eigenvalue weighted by Crippen LogP contribution is 2.30. The topological polar surface area (TPSA) is 48.4 Å². The third-order valence-corrected chi connectivity index (χ3v) is 4.70. The largest absolute Gasteiger partial charge is 0.484 e.